The maximum absolute atomic E-state index is 12.3. The fourth-order valence-electron chi connectivity index (χ4n) is 2.74. The number of nitro groups is 1. The number of carbonyl (C=O) groups excluding carboxylic acids is 2. The maximum Gasteiger partial charge on any atom is 0.269 e. The third-order valence-corrected chi connectivity index (χ3v) is 6.19. The van der Waals surface area contributed by atoms with Gasteiger partial charge in [0.1, 0.15) is 0 Å². The Morgan fingerprint density at radius 3 is 2.66 bits per heavy atom. The largest absolute Gasteiger partial charge is 0.345 e. The lowest BCUT2D eigenvalue weighted by atomic mass is 10.2. The van der Waals surface area contributed by atoms with Crippen LogP contribution in [-0.4, -0.2) is 37.3 Å². The minimum absolute atomic E-state index is 0.0341. The Morgan fingerprint density at radius 2 is 1.97 bits per heavy atom. The fraction of sp³-hybridized carbons (Fsp3) is 0.200. The molecule has 1 aromatic heterocycles. The Balaban J connectivity index is 1.54. The number of aryl methyl sites for hydroxylation is 1. The number of benzene rings is 2. The van der Waals surface area contributed by atoms with Gasteiger partial charge in [-0.2, -0.15) is 0 Å². The molecule has 32 heavy (non-hydrogen) atoms. The molecule has 166 valence electrons. The molecule has 0 radical (unpaired) electrons. The van der Waals surface area contributed by atoms with Gasteiger partial charge in [0, 0.05) is 29.3 Å². The number of non-ortho nitro benzene ring substituents is 1. The van der Waals surface area contributed by atoms with E-state index in [0.29, 0.717) is 32.3 Å². The zero-order valence-corrected chi connectivity index (χ0v) is 19.6. The van der Waals surface area contributed by atoms with Gasteiger partial charge in [-0.05, 0) is 46.6 Å². The van der Waals surface area contributed by atoms with Crippen LogP contribution >= 0.6 is 27.7 Å². The van der Waals surface area contributed by atoms with Gasteiger partial charge in [0.2, 0.25) is 5.91 Å². The molecule has 0 atom stereocenters. The Bertz CT molecular complexity index is 1180. The normalized spacial score (nSPS) is 10.6. The van der Waals surface area contributed by atoms with Gasteiger partial charge in [0.05, 0.1) is 22.8 Å². The molecular formula is C20H19BrN6O4S. The van der Waals surface area contributed by atoms with Gasteiger partial charge < -0.3 is 15.2 Å². The Labute approximate surface area is 196 Å². The van der Waals surface area contributed by atoms with E-state index in [2.05, 4.69) is 36.8 Å². The summed E-state index contributed by atoms with van der Waals surface area (Å²) in [4.78, 5) is 35.0. The summed E-state index contributed by atoms with van der Waals surface area (Å²) < 4.78 is 2.40. The summed E-state index contributed by atoms with van der Waals surface area (Å²) in [5.41, 5.74) is 1.59. The second-order valence-corrected chi connectivity index (χ2v) is 8.51. The van der Waals surface area contributed by atoms with Crippen LogP contribution in [0.4, 0.5) is 11.4 Å². The number of hydrogen-bond acceptors (Lipinski definition) is 7. The standard InChI is InChI=1S/C20H19BrN6O4S/c1-12-9-13(27(30)31)7-8-16(12)23-18(28)11-32-20-25-24-17(26(20)2)10-22-19(29)14-5-3-4-6-15(14)21/h3-9H,10-11H2,1-2H3,(H,22,29)(H,23,28). The van der Waals surface area contributed by atoms with Gasteiger partial charge in [0.25, 0.3) is 11.6 Å². The molecule has 1 heterocycles. The molecule has 10 nitrogen and oxygen atoms in total. The van der Waals surface area contributed by atoms with Crippen LogP contribution in [0.1, 0.15) is 21.7 Å². The summed E-state index contributed by atoms with van der Waals surface area (Å²) in [6, 6.07) is 11.3. The molecule has 2 amide bonds. The van der Waals surface area contributed by atoms with Crippen molar-refractivity contribution in [2.24, 2.45) is 7.05 Å². The van der Waals surface area contributed by atoms with E-state index < -0.39 is 4.92 Å². The molecule has 0 aliphatic heterocycles. The number of carbonyl (C=O) groups is 2. The van der Waals surface area contributed by atoms with Crippen LogP contribution in [0.15, 0.2) is 52.1 Å². The van der Waals surface area contributed by atoms with Crippen molar-refractivity contribution in [3.63, 3.8) is 0 Å². The molecule has 3 rings (SSSR count). The minimum Gasteiger partial charge on any atom is -0.345 e. The van der Waals surface area contributed by atoms with Crippen LogP contribution in [0.5, 0.6) is 0 Å². The summed E-state index contributed by atoms with van der Waals surface area (Å²) in [5, 5.41) is 25.0. The Morgan fingerprint density at radius 1 is 1.22 bits per heavy atom. The van der Waals surface area contributed by atoms with E-state index in [0.717, 1.165) is 0 Å². The van der Waals surface area contributed by atoms with Crippen LogP contribution in [-0.2, 0) is 18.4 Å². The highest BCUT2D eigenvalue weighted by Gasteiger charge is 2.15. The summed E-state index contributed by atoms with van der Waals surface area (Å²) in [6.07, 6.45) is 0. The summed E-state index contributed by atoms with van der Waals surface area (Å²) in [7, 11) is 1.75. The van der Waals surface area contributed by atoms with Gasteiger partial charge in [-0.25, -0.2) is 0 Å². The van der Waals surface area contributed by atoms with E-state index in [1.54, 1.807) is 36.7 Å². The van der Waals surface area contributed by atoms with Crippen LogP contribution in [0.3, 0.4) is 0 Å². The first-order chi connectivity index (χ1) is 15.3. The number of halogens is 1. The van der Waals surface area contributed by atoms with Crippen molar-refractivity contribution in [2.75, 3.05) is 11.1 Å². The third kappa shape index (κ3) is 5.71. The highest BCUT2D eigenvalue weighted by atomic mass is 79.9. The van der Waals surface area contributed by atoms with Crippen molar-refractivity contribution in [2.45, 2.75) is 18.6 Å². The molecule has 0 aliphatic carbocycles. The molecule has 0 aliphatic rings. The topological polar surface area (TPSA) is 132 Å². The van der Waals surface area contributed by atoms with Gasteiger partial charge in [-0.3, -0.25) is 19.7 Å². The zero-order chi connectivity index (χ0) is 23.3. The first-order valence-corrected chi connectivity index (χ1v) is 11.1. The number of hydrogen-bond donors (Lipinski definition) is 2. The summed E-state index contributed by atoms with van der Waals surface area (Å²) in [5.74, 6) is 0.0944. The average molecular weight is 519 g/mol. The van der Waals surface area contributed by atoms with E-state index in [9.17, 15) is 19.7 Å². The van der Waals surface area contributed by atoms with Crippen molar-refractivity contribution in [3.05, 3.63) is 74.0 Å². The molecule has 0 bridgehead atoms. The smallest absolute Gasteiger partial charge is 0.269 e. The number of rotatable bonds is 8. The highest BCUT2D eigenvalue weighted by Crippen LogP contribution is 2.22. The molecule has 2 N–H and O–H groups in total. The van der Waals surface area contributed by atoms with Crippen molar-refractivity contribution < 1.29 is 14.5 Å². The summed E-state index contributed by atoms with van der Waals surface area (Å²) in [6.45, 7) is 1.87. The van der Waals surface area contributed by atoms with Crippen molar-refractivity contribution in [3.8, 4) is 0 Å². The molecular weight excluding hydrogens is 500 g/mol. The second kappa shape index (κ2) is 10.4. The molecule has 0 saturated carbocycles. The van der Waals surface area contributed by atoms with Gasteiger partial charge >= 0.3 is 0 Å². The lowest BCUT2D eigenvalue weighted by Crippen LogP contribution is -2.24. The molecule has 0 unspecified atom stereocenters. The number of nitrogens with zero attached hydrogens (tertiary/aromatic N) is 4. The van der Waals surface area contributed by atoms with E-state index >= 15 is 0 Å². The Hall–Kier alpha value is -3.25. The molecule has 0 spiro atoms. The predicted molar refractivity (Wildman–Crippen MR) is 124 cm³/mol. The number of nitrogens with one attached hydrogen (secondary N) is 2. The first kappa shape index (κ1) is 23.4. The van der Waals surface area contributed by atoms with Crippen LogP contribution in [0.2, 0.25) is 0 Å². The van der Waals surface area contributed by atoms with Gasteiger partial charge in [0.15, 0.2) is 11.0 Å². The number of amides is 2. The number of aromatic nitrogens is 3. The molecule has 0 saturated heterocycles. The van der Waals surface area contributed by atoms with E-state index in [-0.39, 0.29) is 29.8 Å². The predicted octanol–water partition coefficient (Wildman–Crippen LogP) is 3.46. The highest BCUT2D eigenvalue weighted by molar-refractivity contribution is 9.10. The second-order valence-electron chi connectivity index (χ2n) is 6.71. The third-order valence-electron chi connectivity index (χ3n) is 4.48. The minimum atomic E-state index is -0.485. The monoisotopic (exact) mass is 518 g/mol. The fourth-order valence-corrected chi connectivity index (χ4v) is 3.94. The lowest BCUT2D eigenvalue weighted by molar-refractivity contribution is -0.384. The number of nitro benzene ring substituents is 1. The molecule has 0 fully saturated rings. The molecule has 3 aromatic rings. The quantitative estimate of drug-likeness (QED) is 0.265. The first-order valence-electron chi connectivity index (χ1n) is 9.35. The van der Waals surface area contributed by atoms with E-state index in [1.165, 1.54) is 30.0 Å². The maximum atomic E-state index is 12.3. The van der Waals surface area contributed by atoms with E-state index in [4.69, 9.17) is 0 Å². The van der Waals surface area contributed by atoms with Gasteiger partial charge in [-0.15, -0.1) is 10.2 Å². The van der Waals surface area contributed by atoms with Gasteiger partial charge in [-0.1, -0.05) is 23.9 Å². The van der Waals surface area contributed by atoms with Crippen LogP contribution < -0.4 is 10.6 Å². The summed E-state index contributed by atoms with van der Waals surface area (Å²) >= 11 is 4.54. The van der Waals surface area contributed by atoms with Crippen molar-refractivity contribution in [1.82, 2.24) is 20.1 Å². The average Bonchev–Trinajstić information content (AvgIpc) is 3.11. The Kier molecular flexibility index (Phi) is 7.59. The molecule has 2 aromatic carbocycles. The van der Waals surface area contributed by atoms with Crippen LogP contribution in [0.25, 0.3) is 0 Å². The lowest BCUT2D eigenvalue weighted by Gasteiger charge is -2.08. The van der Waals surface area contributed by atoms with E-state index in [1.807, 2.05) is 6.07 Å². The zero-order valence-electron chi connectivity index (χ0n) is 17.2. The number of anilines is 1. The van der Waals surface area contributed by atoms with Crippen LogP contribution in [0, 0.1) is 17.0 Å². The van der Waals surface area contributed by atoms with Crippen molar-refractivity contribution >= 4 is 50.9 Å². The SMILES string of the molecule is Cc1cc([N+](=O)[O-])ccc1NC(=O)CSc1nnc(CNC(=O)c2ccccc2Br)n1C. The van der Waals surface area contributed by atoms with Crippen molar-refractivity contribution in [1.29, 1.82) is 0 Å². The number of thioether (sulfide) groups is 1. The molecule has 12 heteroatoms.